The number of esters is 1. The Balaban J connectivity index is 2.99. The minimum Gasteiger partial charge on any atom is -0.493 e. The van der Waals surface area contributed by atoms with Gasteiger partial charge in [-0.1, -0.05) is 13.3 Å². The van der Waals surface area contributed by atoms with Gasteiger partial charge in [-0.2, -0.15) is 0 Å². The third kappa shape index (κ3) is 10.5. The molecule has 1 amide bonds. The second-order valence-electron chi connectivity index (χ2n) is 7.99. The number of benzene rings is 1. The van der Waals surface area contributed by atoms with Crippen molar-refractivity contribution in [2.75, 3.05) is 33.9 Å². The van der Waals surface area contributed by atoms with Gasteiger partial charge in [-0.25, -0.2) is 9.59 Å². The minimum absolute atomic E-state index is 0.0875. The molecule has 36 heavy (non-hydrogen) atoms. The van der Waals surface area contributed by atoms with Crippen LogP contribution in [-0.4, -0.2) is 63.2 Å². The SMILES string of the molecule is CCCCOC(=O)C(CCCNC)NC(=O)OC(C)c1cc(OC)c(OCCCC=O)cc1[N+](=O)[O-]. The van der Waals surface area contributed by atoms with Crippen LogP contribution >= 0.6 is 0 Å². The van der Waals surface area contributed by atoms with Crippen LogP contribution in [0.2, 0.25) is 0 Å². The van der Waals surface area contributed by atoms with Crippen molar-refractivity contribution in [3.8, 4) is 11.5 Å². The molecule has 12 nitrogen and oxygen atoms in total. The molecule has 1 aromatic rings. The summed E-state index contributed by atoms with van der Waals surface area (Å²) in [5.41, 5.74) is -0.240. The Morgan fingerprint density at radius 1 is 1.17 bits per heavy atom. The van der Waals surface area contributed by atoms with Gasteiger partial charge in [0.05, 0.1) is 36.9 Å². The van der Waals surface area contributed by atoms with Crippen LogP contribution in [0.1, 0.15) is 64.0 Å². The summed E-state index contributed by atoms with van der Waals surface area (Å²) in [5, 5.41) is 17.2. The molecule has 12 heteroatoms. The molecule has 202 valence electrons. The van der Waals surface area contributed by atoms with Gasteiger partial charge in [-0.05, 0) is 52.3 Å². The summed E-state index contributed by atoms with van der Waals surface area (Å²) in [6.45, 7) is 4.50. The number of hydrogen-bond acceptors (Lipinski definition) is 10. The number of carbonyl (C=O) groups is 3. The number of nitrogens with one attached hydrogen (secondary N) is 2. The Morgan fingerprint density at radius 2 is 1.92 bits per heavy atom. The standard InChI is InChI=1S/C24H37N3O9/c1-5-6-13-35-23(29)19(10-9-11-25-3)26-24(30)36-17(2)18-15-21(33-4)22(16-20(18)27(31)32)34-14-8-7-12-28/h12,15-17,19,25H,5-11,13-14H2,1-4H3,(H,26,30). The molecule has 0 radical (unpaired) electrons. The van der Waals surface area contributed by atoms with E-state index in [2.05, 4.69) is 10.6 Å². The van der Waals surface area contributed by atoms with Crippen LogP contribution in [0.5, 0.6) is 11.5 Å². The molecular formula is C24H37N3O9. The van der Waals surface area contributed by atoms with Gasteiger partial charge in [0.25, 0.3) is 5.69 Å². The molecular weight excluding hydrogens is 474 g/mol. The highest BCUT2D eigenvalue weighted by atomic mass is 16.6. The second-order valence-corrected chi connectivity index (χ2v) is 7.99. The number of carbonyl (C=O) groups excluding carboxylic acids is 3. The molecule has 0 aromatic heterocycles. The van der Waals surface area contributed by atoms with E-state index < -0.39 is 29.1 Å². The van der Waals surface area contributed by atoms with Crippen molar-refractivity contribution < 1.29 is 38.3 Å². The van der Waals surface area contributed by atoms with E-state index in [-0.39, 0.29) is 36.0 Å². The summed E-state index contributed by atoms with van der Waals surface area (Å²) in [7, 11) is 3.15. The van der Waals surface area contributed by atoms with E-state index in [0.717, 1.165) is 12.7 Å². The van der Waals surface area contributed by atoms with Gasteiger partial charge in [0.2, 0.25) is 0 Å². The molecule has 0 spiro atoms. The van der Waals surface area contributed by atoms with Crippen molar-refractivity contribution in [2.24, 2.45) is 0 Å². The monoisotopic (exact) mass is 511 g/mol. The van der Waals surface area contributed by atoms with E-state index in [0.29, 0.717) is 38.6 Å². The number of hydrogen-bond donors (Lipinski definition) is 2. The summed E-state index contributed by atoms with van der Waals surface area (Å²) in [6, 6.07) is 1.65. The van der Waals surface area contributed by atoms with Gasteiger partial charge in [0.15, 0.2) is 11.5 Å². The molecule has 0 heterocycles. The highest BCUT2D eigenvalue weighted by Gasteiger charge is 2.28. The number of aldehydes is 1. The second kappa shape index (κ2) is 17.1. The number of amides is 1. The highest BCUT2D eigenvalue weighted by Crippen LogP contribution is 2.38. The first-order valence-electron chi connectivity index (χ1n) is 12.0. The maximum absolute atomic E-state index is 12.6. The van der Waals surface area contributed by atoms with Crippen molar-refractivity contribution >= 4 is 24.0 Å². The first kappa shape index (κ1) is 30.6. The number of rotatable bonds is 18. The Morgan fingerprint density at radius 3 is 2.53 bits per heavy atom. The summed E-state index contributed by atoms with van der Waals surface area (Å²) in [6.07, 6.45) is 2.05. The van der Waals surface area contributed by atoms with Crippen LogP contribution in [0.3, 0.4) is 0 Å². The molecule has 0 saturated heterocycles. The van der Waals surface area contributed by atoms with Gasteiger partial charge < -0.3 is 34.4 Å². The van der Waals surface area contributed by atoms with E-state index in [9.17, 15) is 24.5 Å². The summed E-state index contributed by atoms with van der Waals surface area (Å²) in [5.74, 6) is -0.218. The smallest absolute Gasteiger partial charge is 0.408 e. The number of nitro groups is 1. The van der Waals surface area contributed by atoms with Gasteiger partial charge >= 0.3 is 12.1 Å². The third-order valence-electron chi connectivity index (χ3n) is 5.19. The third-order valence-corrected chi connectivity index (χ3v) is 5.19. The molecule has 0 bridgehead atoms. The van der Waals surface area contributed by atoms with Crippen LogP contribution in [0.25, 0.3) is 0 Å². The zero-order valence-corrected chi connectivity index (χ0v) is 21.4. The fourth-order valence-corrected chi connectivity index (χ4v) is 3.22. The van der Waals surface area contributed by atoms with E-state index >= 15 is 0 Å². The Bertz CT molecular complexity index is 863. The molecule has 0 aliphatic heterocycles. The average Bonchev–Trinajstić information content (AvgIpc) is 2.85. The number of ether oxygens (including phenoxy) is 4. The topological polar surface area (TPSA) is 155 Å². The largest absolute Gasteiger partial charge is 0.493 e. The lowest BCUT2D eigenvalue weighted by molar-refractivity contribution is -0.386. The molecule has 2 atom stereocenters. The molecule has 1 aromatic carbocycles. The fraction of sp³-hybridized carbons (Fsp3) is 0.625. The van der Waals surface area contributed by atoms with Gasteiger partial charge in [0, 0.05) is 6.42 Å². The Labute approximate surface area is 211 Å². The highest BCUT2D eigenvalue weighted by molar-refractivity contribution is 5.81. The van der Waals surface area contributed by atoms with E-state index in [1.165, 1.54) is 26.2 Å². The first-order chi connectivity index (χ1) is 17.3. The van der Waals surface area contributed by atoms with Gasteiger partial charge in [-0.15, -0.1) is 0 Å². The Hall–Kier alpha value is -3.41. The van der Waals surface area contributed by atoms with Crippen molar-refractivity contribution in [2.45, 2.75) is 64.5 Å². The van der Waals surface area contributed by atoms with E-state index in [1.54, 1.807) is 7.05 Å². The van der Waals surface area contributed by atoms with Crippen molar-refractivity contribution in [1.29, 1.82) is 0 Å². The summed E-state index contributed by atoms with van der Waals surface area (Å²) < 4.78 is 21.4. The number of nitrogens with zero attached hydrogens (tertiary/aromatic N) is 1. The lowest BCUT2D eigenvalue weighted by Crippen LogP contribution is -2.42. The molecule has 2 N–H and O–H groups in total. The van der Waals surface area contributed by atoms with Gasteiger partial charge in [-0.3, -0.25) is 10.1 Å². The molecule has 2 unspecified atom stereocenters. The maximum Gasteiger partial charge on any atom is 0.408 e. The van der Waals surface area contributed by atoms with Crippen LogP contribution < -0.4 is 20.1 Å². The number of methoxy groups -OCH3 is 1. The van der Waals surface area contributed by atoms with Crippen LogP contribution in [0.4, 0.5) is 10.5 Å². The van der Waals surface area contributed by atoms with Gasteiger partial charge in [0.1, 0.15) is 18.4 Å². The van der Waals surface area contributed by atoms with E-state index in [1.807, 2.05) is 6.92 Å². The lowest BCUT2D eigenvalue weighted by atomic mass is 10.1. The fourth-order valence-electron chi connectivity index (χ4n) is 3.22. The summed E-state index contributed by atoms with van der Waals surface area (Å²) >= 11 is 0. The number of alkyl carbamates (subject to hydrolysis) is 1. The molecule has 0 aliphatic carbocycles. The average molecular weight is 512 g/mol. The van der Waals surface area contributed by atoms with Crippen molar-refractivity contribution in [3.05, 3.63) is 27.8 Å². The predicted molar refractivity (Wildman–Crippen MR) is 131 cm³/mol. The number of unbranched alkanes of at least 4 members (excludes halogenated alkanes) is 2. The quantitative estimate of drug-likeness (QED) is 0.0984. The van der Waals surface area contributed by atoms with Crippen LogP contribution in [-0.2, 0) is 19.1 Å². The predicted octanol–water partition coefficient (Wildman–Crippen LogP) is 3.46. The number of nitro benzene ring substituents is 1. The zero-order valence-electron chi connectivity index (χ0n) is 21.4. The Kier molecular flexibility index (Phi) is 14.5. The van der Waals surface area contributed by atoms with Crippen molar-refractivity contribution in [1.82, 2.24) is 10.6 Å². The zero-order chi connectivity index (χ0) is 26.9. The molecule has 0 fully saturated rings. The molecule has 0 aliphatic rings. The maximum atomic E-state index is 12.6. The molecule has 1 rings (SSSR count). The summed E-state index contributed by atoms with van der Waals surface area (Å²) in [4.78, 5) is 46.6. The van der Waals surface area contributed by atoms with E-state index in [4.69, 9.17) is 18.9 Å². The minimum atomic E-state index is -1.04. The lowest BCUT2D eigenvalue weighted by Gasteiger charge is -2.20. The van der Waals surface area contributed by atoms with Crippen LogP contribution in [0.15, 0.2) is 12.1 Å². The molecule has 0 saturated carbocycles. The normalized spacial score (nSPS) is 12.2. The van der Waals surface area contributed by atoms with Crippen LogP contribution in [0, 0.1) is 10.1 Å². The van der Waals surface area contributed by atoms with Crippen molar-refractivity contribution in [3.63, 3.8) is 0 Å². The first-order valence-corrected chi connectivity index (χ1v) is 12.0.